The normalized spacial score (nSPS) is 18.9. The monoisotopic (exact) mass is 424 g/mol. The summed E-state index contributed by atoms with van der Waals surface area (Å²) in [6.45, 7) is 0.415. The van der Waals surface area contributed by atoms with Gasteiger partial charge >= 0.3 is 0 Å². The molecule has 2 atom stereocenters. The average Bonchev–Trinajstić information content (AvgIpc) is 3.22. The van der Waals surface area contributed by atoms with E-state index in [1.165, 1.54) is 0 Å². The van der Waals surface area contributed by atoms with Crippen LogP contribution in [0.25, 0.3) is 0 Å². The molecule has 1 aromatic heterocycles. The number of aromatic nitrogens is 2. The van der Waals surface area contributed by atoms with E-state index in [9.17, 15) is 0 Å². The molecule has 0 amide bonds. The fourth-order valence-electron chi connectivity index (χ4n) is 3.03. The van der Waals surface area contributed by atoms with Gasteiger partial charge in [-0.25, -0.2) is 4.98 Å². The van der Waals surface area contributed by atoms with Crippen LogP contribution in [-0.2, 0) is 17.8 Å². The Bertz CT molecular complexity index is 917. The van der Waals surface area contributed by atoms with E-state index >= 15 is 0 Å². The zero-order valence-electron chi connectivity index (χ0n) is 13.6. The largest absolute Gasteiger partial charge is 0.368 e. The van der Waals surface area contributed by atoms with E-state index in [2.05, 4.69) is 9.97 Å². The van der Waals surface area contributed by atoms with Crippen LogP contribution < -0.4 is 0 Å². The molecule has 7 heteroatoms. The van der Waals surface area contributed by atoms with E-state index in [1.54, 1.807) is 24.0 Å². The topological polar surface area (TPSA) is 37.9 Å². The second-order valence-electron chi connectivity index (χ2n) is 6.05. The lowest BCUT2D eigenvalue weighted by molar-refractivity contribution is 0.0392. The molecule has 4 rings (SSSR count). The highest BCUT2D eigenvalue weighted by atomic mass is 35.5. The molecule has 2 aromatic carbocycles. The molecule has 0 aliphatic carbocycles. The molecule has 0 saturated carbocycles. The molecule has 3 aromatic rings. The maximum atomic E-state index is 6.30. The molecular weight excluding hydrogens is 411 g/mol. The van der Waals surface area contributed by atoms with Gasteiger partial charge in [0.25, 0.3) is 0 Å². The van der Waals surface area contributed by atoms with Crippen molar-refractivity contribution in [3.8, 4) is 0 Å². The number of rotatable bonds is 5. The molecule has 1 aliphatic heterocycles. The minimum atomic E-state index is -0.0656. The quantitative estimate of drug-likeness (QED) is 0.518. The minimum absolute atomic E-state index is 0.0656. The molecular formula is C19H15Cl3N2OS. The van der Waals surface area contributed by atoms with Crippen molar-refractivity contribution in [2.45, 2.75) is 29.3 Å². The van der Waals surface area contributed by atoms with Crippen molar-refractivity contribution in [2.24, 2.45) is 0 Å². The Morgan fingerprint density at radius 3 is 2.65 bits per heavy atom. The average molecular weight is 426 g/mol. The Morgan fingerprint density at radius 1 is 1.08 bits per heavy atom. The zero-order valence-corrected chi connectivity index (χ0v) is 16.7. The van der Waals surface area contributed by atoms with Crippen LogP contribution in [0.4, 0.5) is 0 Å². The van der Waals surface area contributed by atoms with Crippen molar-refractivity contribution in [2.75, 3.05) is 0 Å². The number of hydrogen-bond donors (Lipinski definition) is 1. The Morgan fingerprint density at radius 2 is 1.88 bits per heavy atom. The Kier molecular flexibility index (Phi) is 5.48. The van der Waals surface area contributed by atoms with E-state index in [0.717, 1.165) is 33.3 Å². The number of imidazole rings is 1. The third kappa shape index (κ3) is 3.90. The first-order valence-corrected chi connectivity index (χ1v) is 10.1. The molecule has 134 valence electrons. The first-order valence-electron chi connectivity index (χ1n) is 8.10. The predicted molar refractivity (Wildman–Crippen MR) is 107 cm³/mol. The molecule has 26 heavy (non-hydrogen) atoms. The highest BCUT2D eigenvalue weighted by Gasteiger charge is 2.35. The maximum Gasteiger partial charge on any atom is 0.107 e. The van der Waals surface area contributed by atoms with Gasteiger partial charge in [0, 0.05) is 44.0 Å². The number of ether oxygens (including phenoxy) is 1. The van der Waals surface area contributed by atoms with Gasteiger partial charge in [0.2, 0.25) is 0 Å². The number of hydrogen-bond acceptors (Lipinski definition) is 3. The van der Waals surface area contributed by atoms with Crippen LogP contribution in [0.15, 0.2) is 53.7 Å². The van der Waals surface area contributed by atoms with Gasteiger partial charge in [-0.3, -0.25) is 0 Å². The Balaban J connectivity index is 1.57. The highest BCUT2D eigenvalue weighted by molar-refractivity contribution is 8.00. The lowest BCUT2D eigenvalue weighted by atomic mass is 10.0. The Hall–Kier alpha value is -1.17. The SMILES string of the molecule is Clc1ccc(COC2c3ccc(Cl)cc3SC2Cc2ncc[nH]2)c(Cl)c1. The van der Waals surface area contributed by atoms with Crippen LogP contribution in [0.1, 0.15) is 23.1 Å². The van der Waals surface area contributed by atoms with Crippen molar-refractivity contribution < 1.29 is 4.74 Å². The third-order valence-electron chi connectivity index (χ3n) is 4.28. The van der Waals surface area contributed by atoms with Crippen LogP contribution in [0.5, 0.6) is 0 Å². The van der Waals surface area contributed by atoms with E-state index in [1.807, 2.05) is 36.5 Å². The molecule has 0 fully saturated rings. The lowest BCUT2D eigenvalue weighted by Crippen LogP contribution is -2.17. The standard InChI is InChI=1S/C19H15Cl3N2OS/c20-12-2-1-11(15(22)7-12)10-25-19-14-4-3-13(21)8-16(14)26-17(19)9-18-23-5-6-24-18/h1-8,17,19H,9-10H2,(H,23,24). The van der Waals surface area contributed by atoms with Crippen LogP contribution in [0, 0.1) is 0 Å². The summed E-state index contributed by atoms with van der Waals surface area (Å²) in [5.41, 5.74) is 2.07. The minimum Gasteiger partial charge on any atom is -0.368 e. The highest BCUT2D eigenvalue weighted by Crippen LogP contribution is 2.48. The molecule has 1 N–H and O–H groups in total. The summed E-state index contributed by atoms with van der Waals surface area (Å²) >= 11 is 20.2. The number of nitrogens with one attached hydrogen (secondary N) is 1. The first-order chi connectivity index (χ1) is 12.6. The summed E-state index contributed by atoms with van der Waals surface area (Å²) in [6, 6.07) is 11.4. The van der Waals surface area contributed by atoms with Crippen molar-refractivity contribution in [3.05, 3.63) is 80.8 Å². The van der Waals surface area contributed by atoms with Gasteiger partial charge in [0.1, 0.15) is 5.82 Å². The van der Waals surface area contributed by atoms with Gasteiger partial charge in [0.15, 0.2) is 0 Å². The lowest BCUT2D eigenvalue weighted by Gasteiger charge is -2.20. The van der Waals surface area contributed by atoms with E-state index in [0.29, 0.717) is 16.7 Å². The van der Waals surface area contributed by atoms with Gasteiger partial charge in [-0.2, -0.15) is 0 Å². The number of thioether (sulfide) groups is 1. The second kappa shape index (κ2) is 7.83. The number of benzene rings is 2. The van der Waals surface area contributed by atoms with E-state index in [4.69, 9.17) is 39.5 Å². The van der Waals surface area contributed by atoms with Crippen molar-refractivity contribution >= 4 is 46.6 Å². The van der Waals surface area contributed by atoms with Crippen molar-refractivity contribution in [3.63, 3.8) is 0 Å². The molecule has 2 heterocycles. The molecule has 3 nitrogen and oxygen atoms in total. The van der Waals surface area contributed by atoms with Gasteiger partial charge in [0.05, 0.1) is 12.7 Å². The molecule has 0 radical (unpaired) electrons. The van der Waals surface area contributed by atoms with Gasteiger partial charge < -0.3 is 9.72 Å². The predicted octanol–water partition coefficient (Wildman–Crippen LogP) is 6.34. The smallest absolute Gasteiger partial charge is 0.107 e. The summed E-state index contributed by atoms with van der Waals surface area (Å²) < 4.78 is 6.30. The maximum absolute atomic E-state index is 6.30. The zero-order chi connectivity index (χ0) is 18.1. The van der Waals surface area contributed by atoms with Crippen molar-refractivity contribution in [1.82, 2.24) is 9.97 Å². The van der Waals surface area contributed by atoms with Crippen LogP contribution in [0.3, 0.4) is 0 Å². The van der Waals surface area contributed by atoms with Gasteiger partial charge in [-0.15, -0.1) is 11.8 Å². The molecule has 2 unspecified atom stereocenters. The number of H-pyrrole nitrogens is 1. The molecule has 0 spiro atoms. The van der Waals surface area contributed by atoms with E-state index in [-0.39, 0.29) is 11.4 Å². The Labute approximate surface area is 171 Å². The van der Waals surface area contributed by atoms with Crippen LogP contribution in [0.2, 0.25) is 15.1 Å². The summed E-state index contributed by atoms with van der Waals surface area (Å²) in [7, 11) is 0. The number of nitrogens with zero attached hydrogens (tertiary/aromatic N) is 1. The number of fused-ring (bicyclic) bond motifs is 1. The van der Waals surface area contributed by atoms with Gasteiger partial charge in [-0.1, -0.05) is 46.9 Å². The molecule has 1 aliphatic rings. The summed E-state index contributed by atoms with van der Waals surface area (Å²) in [5, 5.41) is 2.17. The summed E-state index contributed by atoms with van der Waals surface area (Å²) in [5.74, 6) is 0.944. The van der Waals surface area contributed by atoms with E-state index < -0.39 is 0 Å². The van der Waals surface area contributed by atoms with Gasteiger partial charge in [-0.05, 0) is 35.4 Å². The fraction of sp³-hybridized carbons (Fsp3) is 0.211. The number of halogens is 3. The van der Waals surface area contributed by atoms with Crippen LogP contribution in [-0.4, -0.2) is 15.2 Å². The fourth-order valence-corrected chi connectivity index (χ4v) is 5.17. The first kappa shape index (κ1) is 18.2. The second-order valence-corrected chi connectivity index (χ2v) is 8.61. The number of aromatic amines is 1. The molecule has 0 saturated heterocycles. The summed E-state index contributed by atoms with van der Waals surface area (Å²) in [6.07, 6.45) is 4.32. The van der Waals surface area contributed by atoms with Crippen molar-refractivity contribution in [1.29, 1.82) is 0 Å². The summed E-state index contributed by atoms with van der Waals surface area (Å²) in [4.78, 5) is 8.67. The third-order valence-corrected chi connectivity index (χ3v) is 6.43. The molecule has 0 bridgehead atoms. The van der Waals surface area contributed by atoms with Crippen LogP contribution >= 0.6 is 46.6 Å².